The number of thioether (sulfide) groups is 1. The molecular weight excluding hydrogens is 454 g/mol. The molecule has 0 radical (unpaired) electrons. The predicted molar refractivity (Wildman–Crippen MR) is 110 cm³/mol. The summed E-state index contributed by atoms with van der Waals surface area (Å²) in [5.74, 6) is 0.905. The summed E-state index contributed by atoms with van der Waals surface area (Å²) in [5.41, 5.74) is 1.64. The molecule has 3 rings (SSSR count). The van der Waals surface area contributed by atoms with Crippen molar-refractivity contribution in [1.29, 1.82) is 0 Å². The highest BCUT2D eigenvalue weighted by molar-refractivity contribution is 9.10. The summed E-state index contributed by atoms with van der Waals surface area (Å²) >= 11 is 10.3. The molecule has 0 atom stereocenters. The topological polar surface area (TPSA) is 64.6 Å². The number of imide groups is 1. The fourth-order valence-electron chi connectivity index (χ4n) is 2.34. The van der Waals surface area contributed by atoms with Gasteiger partial charge in [-0.2, -0.15) is 0 Å². The number of amides is 2. The Morgan fingerprint density at radius 3 is 2.63 bits per heavy atom. The Morgan fingerprint density at radius 1 is 1.15 bits per heavy atom. The summed E-state index contributed by atoms with van der Waals surface area (Å²) in [4.78, 5) is 23.4. The number of hydrogen-bond acceptors (Lipinski definition) is 5. The van der Waals surface area contributed by atoms with Crippen molar-refractivity contribution in [2.45, 2.75) is 6.92 Å². The van der Waals surface area contributed by atoms with Gasteiger partial charge in [-0.15, -0.1) is 0 Å². The molecule has 1 N–H and O–H groups in total. The largest absolute Gasteiger partial charge is 0.490 e. The molecular formula is C19H15BrClNO4S. The van der Waals surface area contributed by atoms with Gasteiger partial charge in [0.25, 0.3) is 11.1 Å². The molecule has 140 valence electrons. The predicted octanol–water partition coefficient (Wildman–Crippen LogP) is 5.19. The van der Waals surface area contributed by atoms with Crippen LogP contribution < -0.4 is 14.8 Å². The minimum Gasteiger partial charge on any atom is -0.490 e. The standard InChI is InChI=1S/C19H15BrClNO4S/c1-11-8-14(3-4-15(11)21)25-6-7-26-16-5-2-13(20)9-12(16)10-17-18(23)22-19(24)27-17/h2-5,8-10H,6-7H2,1H3,(H,22,23,24)/b17-10-. The lowest BCUT2D eigenvalue weighted by molar-refractivity contribution is -0.115. The molecule has 2 amide bonds. The Hall–Kier alpha value is -1.96. The Balaban J connectivity index is 1.65. The zero-order chi connectivity index (χ0) is 19.4. The Bertz CT molecular complexity index is 932. The van der Waals surface area contributed by atoms with Crippen LogP contribution in [0.25, 0.3) is 6.08 Å². The monoisotopic (exact) mass is 467 g/mol. The van der Waals surface area contributed by atoms with Gasteiger partial charge < -0.3 is 9.47 Å². The second-order valence-electron chi connectivity index (χ2n) is 5.64. The van der Waals surface area contributed by atoms with E-state index in [1.807, 2.05) is 25.1 Å². The second-order valence-corrected chi connectivity index (χ2v) is 7.98. The number of nitrogens with one attached hydrogen (secondary N) is 1. The third kappa shape index (κ3) is 5.28. The first-order valence-electron chi connectivity index (χ1n) is 7.98. The fourth-order valence-corrected chi connectivity index (χ4v) is 3.51. The zero-order valence-corrected chi connectivity index (χ0v) is 17.4. The van der Waals surface area contributed by atoms with Crippen molar-refractivity contribution in [1.82, 2.24) is 5.32 Å². The number of rotatable bonds is 6. The van der Waals surface area contributed by atoms with Crippen molar-refractivity contribution in [3.05, 3.63) is 61.9 Å². The first-order chi connectivity index (χ1) is 12.9. The van der Waals surface area contributed by atoms with Crippen LogP contribution in [0, 0.1) is 6.92 Å². The highest BCUT2D eigenvalue weighted by Crippen LogP contribution is 2.31. The summed E-state index contributed by atoms with van der Waals surface area (Å²) in [6.07, 6.45) is 1.63. The minimum absolute atomic E-state index is 0.317. The van der Waals surface area contributed by atoms with Crippen molar-refractivity contribution < 1.29 is 19.1 Å². The van der Waals surface area contributed by atoms with Crippen LogP contribution in [0.5, 0.6) is 11.5 Å². The van der Waals surface area contributed by atoms with Gasteiger partial charge in [-0.1, -0.05) is 27.5 Å². The fraction of sp³-hybridized carbons (Fsp3) is 0.158. The summed E-state index contributed by atoms with van der Waals surface area (Å²) in [6.45, 7) is 2.58. The maximum absolute atomic E-state index is 11.8. The summed E-state index contributed by atoms with van der Waals surface area (Å²) in [7, 11) is 0. The molecule has 0 unspecified atom stereocenters. The lowest BCUT2D eigenvalue weighted by Gasteiger charge is -2.12. The molecule has 0 aliphatic carbocycles. The van der Waals surface area contributed by atoms with E-state index in [1.165, 1.54) is 0 Å². The second kappa shape index (κ2) is 8.82. The van der Waals surface area contributed by atoms with Crippen LogP contribution in [-0.2, 0) is 4.79 Å². The number of carbonyl (C=O) groups excluding carboxylic acids is 2. The van der Waals surface area contributed by atoms with Crippen LogP contribution >= 0.6 is 39.3 Å². The zero-order valence-electron chi connectivity index (χ0n) is 14.3. The van der Waals surface area contributed by atoms with Gasteiger partial charge in [0.1, 0.15) is 24.7 Å². The minimum atomic E-state index is -0.405. The third-order valence-corrected chi connectivity index (χ3v) is 5.37. The van der Waals surface area contributed by atoms with Crippen LogP contribution in [0.3, 0.4) is 0 Å². The number of aryl methyl sites for hydroxylation is 1. The van der Waals surface area contributed by atoms with E-state index in [0.717, 1.165) is 27.5 Å². The van der Waals surface area contributed by atoms with E-state index in [9.17, 15) is 9.59 Å². The van der Waals surface area contributed by atoms with Crippen LogP contribution in [0.15, 0.2) is 45.8 Å². The third-order valence-electron chi connectivity index (χ3n) is 3.64. The number of benzene rings is 2. The van der Waals surface area contributed by atoms with Crippen molar-refractivity contribution >= 4 is 56.5 Å². The quantitative estimate of drug-likeness (QED) is 0.467. The van der Waals surface area contributed by atoms with Gasteiger partial charge in [0.15, 0.2) is 0 Å². The molecule has 0 saturated carbocycles. The molecule has 1 aliphatic rings. The maximum atomic E-state index is 11.8. The SMILES string of the molecule is Cc1cc(OCCOc2ccc(Br)cc2/C=C2\SC(=O)NC2=O)ccc1Cl. The van der Waals surface area contributed by atoms with Crippen LogP contribution in [0.4, 0.5) is 4.79 Å². The Morgan fingerprint density at radius 2 is 1.93 bits per heavy atom. The Labute approximate surface area is 174 Å². The number of carbonyl (C=O) groups is 2. The summed E-state index contributed by atoms with van der Waals surface area (Å²) in [6, 6.07) is 10.9. The molecule has 1 aliphatic heterocycles. The number of halogens is 2. The molecule has 1 fully saturated rings. The number of ether oxygens (including phenoxy) is 2. The molecule has 5 nitrogen and oxygen atoms in total. The van der Waals surface area contributed by atoms with E-state index in [4.69, 9.17) is 21.1 Å². The first-order valence-corrected chi connectivity index (χ1v) is 9.97. The Kier molecular flexibility index (Phi) is 6.46. The average Bonchev–Trinajstić information content (AvgIpc) is 2.93. The van der Waals surface area contributed by atoms with Crippen molar-refractivity contribution in [2.75, 3.05) is 13.2 Å². The average molecular weight is 469 g/mol. The molecule has 1 heterocycles. The molecule has 1 saturated heterocycles. The van der Waals surface area contributed by atoms with E-state index in [1.54, 1.807) is 24.3 Å². The van der Waals surface area contributed by atoms with E-state index in [-0.39, 0.29) is 5.24 Å². The van der Waals surface area contributed by atoms with E-state index in [0.29, 0.717) is 34.5 Å². The van der Waals surface area contributed by atoms with E-state index < -0.39 is 5.91 Å². The van der Waals surface area contributed by atoms with Crippen LogP contribution in [0.1, 0.15) is 11.1 Å². The van der Waals surface area contributed by atoms with Crippen molar-refractivity contribution in [2.24, 2.45) is 0 Å². The molecule has 27 heavy (non-hydrogen) atoms. The molecule has 2 aromatic rings. The molecule has 0 bridgehead atoms. The summed E-state index contributed by atoms with van der Waals surface area (Å²) < 4.78 is 12.3. The van der Waals surface area contributed by atoms with Crippen LogP contribution in [0.2, 0.25) is 5.02 Å². The highest BCUT2D eigenvalue weighted by Gasteiger charge is 2.25. The molecule has 2 aromatic carbocycles. The normalized spacial score (nSPS) is 15.1. The van der Waals surface area contributed by atoms with Gasteiger partial charge in [0.05, 0.1) is 4.91 Å². The van der Waals surface area contributed by atoms with Crippen molar-refractivity contribution in [3.63, 3.8) is 0 Å². The first kappa shape index (κ1) is 19.8. The van der Waals surface area contributed by atoms with Gasteiger partial charge in [-0.3, -0.25) is 14.9 Å². The van der Waals surface area contributed by atoms with Crippen LogP contribution in [-0.4, -0.2) is 24.4 Å². The van der Waals surface area contributed by atoms with Gasteiger partial charge in [0, 0.05) is 15.1 Å². The highest BCUT2D eigenvalue weighted by atomic mass is 79.9. The maximum Gasteiger partial charge on any atom is 0.290 e. The lowest BCUT2D eigenvalue weighted by Crippen LogP contribution is -2.17. The van der Waals surface area contributed by atoms with Gasteiger partial charge in [0.2, 0.25) is 0 Å². The van der Waals surface area contributed by atoms with E-state index >= 15 is 0 Å². The van der Waals surface area contributed by atoms with Gasteiger partial charge >= 0.3 is 0 Å². The van der Waals surface area contributed by atoms with Gasteiger partial charge in [-0.05, 0) is 66.7 Å². The lowest BCUT2D eigenvalue weighted by atomic mass is 10.2. The summed E-state index contributed by atoms with van der Waals surface area (Å²) in [5, 5.41) is 2.55. The van der Waals surface area contributed by atoms with Crippen molar-refractivity contribution in [3.8, 4) is 11.5 Å². The molecule has 0 aromatic heterocycles. The molecule has 8 heteroatoms. The molecule has 0 spiro atoms. The van der Waals surface area contributed by atoms with E-state index in [2.05, 4.69) is 21.2 Å². The number of hydrogen-bond donors (Lipinski definition) is 1. The van der Waals surface area contributed by atoms with Gasteiger partial charge in [-0.25, -0.2) is 0 Å². The smallest absolute Gasteiger partial charge is 0.290 e.